The summed E-state index contributed by atoms with van der Waals surface area (Å²) in [6, 6.07) is 10.5. The van der Waals surface area contributed by atoms with E-state index in [1.54, 1.807) is 7.11 Å². The normalized spacial score (nSPS) is 10.2. The number of carbonyl (C=O) groups is 1. The average Bonchev–Trinajstić information content (AvgIpc) is 2.45. The fourth-order valence-corrected chi connectivity index (χ4v) is 2.30. The van der Waals surface area contributed by atoms with E-state index in [1.165, 1.54) is 12.1 Å². The molecule has 0 spiro atoms. The van der Waals surface area contributed by atoms with Gasteiger partial charge in [0, 0.05) is 5.02 Å². The smallest absolute Gasteiger partial charge is 0.153 e. The highest BCUT2D eigenvalue weighted by atomic mass is 35.5. The molecule has 0 aliphatic heterocycles. The van der Waals surface area contributed by atoms with E-state index in [0.717, 1.165) is 11.3 Å². The van der Waals surface area contributed by atoms with E-state index in [9.17, 15) is 4.79 Å². The van der Waals surface area contributed by atoms with Gasteiger partial charge in [0.2, 0.25) is 0 Å². The average molecular weight is 311 g/mol. The van der Waals surface area contributed by atoms with Crippen molar-refractivity contribution >= 4 is 29.5 Å². The van der Waals surface area contributed by atoms with E-state index in [4.69, 9.17) is 32.7 Å². The minimum absolute atomic E-state index is 0.277. The Morgan fingerprint density at radius 1 is 1.20 bits per heavy atom. The lowest BCUT2D eigenvalue weighted by Crippen LogP contribution is -1.99. The van der Waals surface area contributed by atoms with Gasteiger partial charge in [-0.2, -0.15) is 0 Å². The third-order valence-corrected chi connectivity index (χ3v) is 3.18. The molecule has 0 N–H and O–H groups in total. The van der Waals surface area contributed by atoms with E-state index in [-0.39, 0.29) is 6.61 Å². The molecule has 0 aliphatic rings. The van der Waals surface area contributed by atoms with Crippen LogP contribution >= 0.6 is 23.2 Å². The van der Waals surface area contributed by atoms with E-state index in [2.05, 4.69) is 0 Å². The van der Waals surface area contributed by atoms with Crippen LogP contribution in [0.15, 0.2) is 36.4 Å². The highest BCUT2D eigenvalue weighted by Gasteiger charge is 2.10. The van der Waals surface area contributed by atoms with Gasteiger partial charge in [-0.15, -0.1) is 0 Å². The van der Waals surface area contributed by atoms with Crippen molar-refractivity contribution in [2.75, 3.05) is 7.11 Å². The molecule has 5 heteroatoms. The Balaban J connectivity index is 2.20. The second-order valence-corrected chi connectivity index (χ2v) is 4.91. The summed E-state index contributed by atoms with van der Waals surface area (Å²) in [4.78, 5) is 11.0. The highest BCUT2D eigenvalue weighted by Crippen LogP contribution is 2.32. The van der Waals surface area contributed by atoms with Crippen LogP contribution < -0.4 is 9.47 Å². The standard InChI is InChI=1S/C15H12Cl2O3/c1-19-13-4-2-3-10(5-13)9-20-15-11(8-18)6-12(16)7-14(15)17/h2-8H,9H2,1H3. The minimum atomic E-state index is 0.277. The lowest BCUT2D eigenvalue weighted by atomic mass is 10.2. The Morgan fingerprint density at radius 2 is 2.00 bits per heavy atom. The van der Waals surface area contributed by atoms with Gasteiger partial charge in [-0.05, 0) is 29.8 Å². The maximum Gasteiger partial charge on any atom is 0.153 e. The number of ether oxygens (including phenoxy) is 2. The molecule has 2 rings (SSSR count). The topological polar surface area (TPSA) is 35.5 Å². The second kappa shape index (κ2) is 6.64. The van der Waals surface area contributed by atoms with Crippen molar-refractivity contribution in [2.45, 2.75) is 6.61 Å². The van der Waals surface area contributed by atoms with Crippen LogP contribution in [0.1, 0.15) is 15.9 Å². The predicted octanol–water partition coefficient (Wildman–Crippen LogP) is 4.39. The summed E-state index contributed by atoms with van der Waals surface area (Å²) in [5.41, 5.74) is 1.23. The molecular formula is C15H12Cl2O3. The molecule has 2 aromatic rings. The summed E-state index contributed by atoms with van der Waals surface area (Å²) in [6.07, 6.45) is 0.665. The lowest BCUT2D eigenvalue weighted by Gasteiger charge is -2.11. The molecule has 0 radical (unpaired) electrons. The van der Waals surface area contributed by atoms with E-state index in [0.29, 0.717) is 27.6 Å². The molecule has 0 saturated carbocycles. The summed E-state index contributed by atoms with van der Waals surface area (Å²) < 4.78 is 10.8. The summed E-state index contributed by atoms with van der Waals surface area (Å²) in [5.74, 6) is 1.07. The van der Waals surface area contributed by atoms with Gasteiger partial charge < -0.3 is 9.47 Å². The van der Waals surface area contributed by atoms with Gasteiger partial charge in [0.15, 0.2) is 6.29 Å². The molecule has 0 aliphatic carbocycles. The second-order valence-electron chi connectivity index (χ2n) is 4.06. The monoisotopic (exact) mass is 310 g/mol. The number of halogens is 2. The Kier molecular flexibility index (Phi) is 4.88. The number of rotatable bonds is 5. The van der Waals surface area contributed by atoms with Crippen molar-refractivity contribution in [3.63, 3.8) is 0 Å². The van der Waals surface area contributed by atoms with Gasteiger partial charge in [0.1, 0.15) is 18.1 Å². The van der Waals surface area contributed by atoms with Crippen LogP contribution in [0.5, 0.6) is 11.5 Å². The Morgan fingerprint density at radius 3 is 2.70 bits per heavy atom. The van der Waals surface area contributed by atoms with Crippen LogP contribution in [0.4, 0.5) is 0 Å². The molecule has 104 valence electrons. The van der Waals surface area contributed by atoms with Crippen molar-refractivity contribution in [2.24, 2.45) is 0 Å². The quantitative estimate of drug-likeness (QED) is 0.768. The first kappa shape index (κ1) is 14.7. The van der Waals surface area contributed by atoms with Gasteiger partial charge in [-0.25, -0.2) is 0 Å². The molecule has 2 aromatic carbocycles. The SMILES string of the molecule is COc1cccc(COc2c(Cl)cc(Cl)cc2C=O)c1. The lowest BCUT2D eigenvalue weighted by molar-refractivity contribution is 0.111. The van der Waals surface area contributed by atoms with Crippen molar-refractivity contribution in [1.29, 1.82) is 0 Å². The molecule has 0 unspecified atom stereocenters. The number of methoxy groups -OCH3 is 1. The first-order valence-electron chi connectivity index (χ1n) is 5.84. The summed E-state index contributed by atoms with van der Waals surface area (Å²) in [5, 5.41) is 0.702. The van der Waals surface area contributed by atoms with E-state index in [1.807, 2.05) is 24.3 Å². The zero-order valence-electron chi connectivity index (χ0n) is 10.7. The summed E-state index contributed by atoms with van der Waals surface area (Å²) in [6.45, 7) is 0.277. The van der Waals surface area contributed by atoms with Gasteiger partial charge >= 0.3 is 0 Å². The molecule has 20 heavy (non-hydrogen) atoms. The fraction of sp³-hybridized carbons (Fsp3) is 0.133. The van der Waals surface area contributed by atoms with Crippen molar-refractivity contribution in [3.05, 3.63) is 57.6 Å². The van der Waals surface area contributed by atoms with Crippen LogP contribution in [0.25, 0.3) is 0 Å². The van der Waals surface area contributed by atoms with E-state index < -0.39 is 0 Å². The van der Waals surface area contributed by atoms with Crippen LogP contribution in [-0.4, -0.2) is 13.4 Å². The maximum atomic E-state index is 11.0. The summed E-state index contributed by atoms with van der Waals surface area (Å²) in [7, 11) is 1.60. The Hall–Kier alpha value is -1.71. The van der Waals surface area contributed by atoms with Crippen molar-refractivity contribution in [3.8, 4) is 11.5 Å². The summed E-state index contributed by atoms with van der Waals surface area (Å²) >= 11 is 11.9. The van der Waals surface area contributed by atoms with Crippen LogP contribution in [0.2, 0.25) is 10.0 Å². The highest BCUT2D eigenvalue weighted by molar-refractivity contribution is 6.36. The van der Waals surface area contributed by atoms with Crippen LogP contribution in [-0.2, 0) is 6.61 Å². The van der Waals surface area contributed by atoms with Crippen LogP contribution in [0, 0.1) is 0 Å². The third kappa shape index (κ3) is 3.44. The molecule has 0 fully saturated rings. The van der Waals surface area contributed by atoms with Crippen molar-refractivity contribution in [1.82, 2.24) is 0 Å². The maximum absolute atomic E-state index is 11.0. The predicted molar refractivity (Wildman–Crippen MR) is 79.2 cm³/mol. The van der Waals surface area contributed by atoms with Crippen molar-refractivity contribution < 1.29 is 14.3 Å². The molecule has 0 amide bonds. The molecular weight excluding hydrogens is 299 g/mol. The number of hydrogen-bond donors (Lipinski definition) is 0. The number of carbonyl (C=O) groups excluding carboxylic acids is 1. The first-order valence-corrected chi connectivity index (χ1v) is 6.59. The number of benzene rings is 2. The zero-order valence-corrected chi connectivity index (χ0v) is 12.2. The van der Waals surface area contributed by atoms with Gasteiger partial charge in [0.05, 0.1) is 17.7 Å². The molecule has 3 nitrogen and oxygen atoms in total. The van der Waals surface area contributed by atoms with E-state index >= 15 is 0 Å². The third-order valence-electron chi connectivity index (χ3n) is 2.68. The van der Waals surface area contributed by atoms with Gasteiger partial charge in [0.25, 0.3) is 0 Å². The number of aldehydes is 1. The number of hydrogen-bond acceptors (Lipinski definition) is 3. The fourth-order valence-electron chi connectivity index (χ4n) is 1.74. The first-order chi connectivity index (χ1) is 9.63. The van der Waals surface area contributed by atoms with Gasteiger partial charge in [-0.1, -0.05) is 35.3 Å². The molecule has 0 bridgehead atoms. The molecule has 0 saturated heterocycles. The molecule has 0 heterocycles. The zero-order chi connectivity index (χ0) is 14.5. The van der Waals surface area contributed by atoms with Crippen LogP contribution in [0.3, 0.4) is 0 Å². The minimum Gasteiger partial charge on any atom is -0.497 e. The Labute approximate surface area is 127 Å². The largest absolute Gasteiger partial charge is 0.497 e. The Bertz CT molecular complexity index is 627. The molecule has 0 atom stereocenters. The molecule has 0 aromatic heterocycles. The van der Waals surface area contributed by atoms with Gasteiger partial charge in [-0.3, -0.25) is 4.79 Å².